The Bertz CT molecular complexity index is 878. The van der Waals surface area contributed by atoms with Gasteiger partial charge in [-0.2, -0.15) is 5.10 Å². The molecule has 3 aromatic rings. The summed E-state index contributed by atoms with van der Waals surface area (Å²) in [4.78, 5) is 12.3. The first-order valence-electron chi connectivity index (χ1n) is 8.07. The van der Waals surface area contributed by atoms with Gasteiger partial charge in [-0.05, 0) is 24.6 Å². The van der Waals surface area contributed by atoms with Crippen molar-refractivity contribution < 1.29 is 13.9 Å². The van der Waals surface area contributed by atoms with Gasteiger partial charge in [0, 0.05) is 18.1 Å². The number of halogens is 1. The van der Waals surface area contributed by atoms with Crippen LogP contribution in [0.5, 0.6) is 0 Å². The van der Waals surface area contributed by atoms with Gasteiger partial charge in [0.1, 0.15) is 11.9 Å². The summed E-state index contributed by atoms with van der Waals surface area (Å²) in [5.41, 5.74) is 2.19. The minimum atomic E-state index is -0.555. The fourth-order valence-electron chi connectivity index (χ4n) is 2.97. The van der Waals surface area contributed by atoms with E-state index in [4.69, 9.17) is 4.74 Å². The van der Waals surface area contributed by atoms with Crippen LogP contribution in [0, 0.1) is 5.82 Å². The topological polar surface area (TPSA) is 67.0 Å². The van der Waals surface area contributed by atoms with E-state index < -0.39 is 6.10 Å². The summed E-state index contributed by atoms with van der Waals surface area (Å²) in [6.45, 7) is 1.80. The number of hydrogen-bond donors (Lipinski definition) is 2. The molecule has 1 amide bonds. The van der Waals surface area contributed by atoms with Crippen LogP contribution in [0.2, 0.25) is 0 Å². The second-order valence-corrected chi connectivity index (χ2v) is 6.00. The van der Waals surface area contributed by atoms with Crippen molar-refractivity contribution >= 4 is 16.8 Å². The van der Waals surface area contributed by atoms with Crippen molar-refractivity contribution in [1.29, 1.82) is 0 Å². The van der Waals surface area contributed by atoms with Crippen LogP contribution >= 0.6 is 0 Å². The van der Waals surface area contributed by atoms with Crippen LogP contribution in [0.1, 0.15) is 24.2 Å². The Kier molecular flexibility index (Phi) is 5.09. The number of hydrogen-bond acceptors (Lipinski definition) is 3. The van der Waals surface area contributed by atoms with Gasteiger partial charge in [-0.3, -0.25) is 9.89 Å². The molecule has 2 aromatic carbocycles. The molecule has 0 aliphatic heterocycles. The fraction of sp³-hybridized carbons (Fsp3) is 0.263. The number of carbonyl (C=O) groups is 1. The third kappa shape index (κ3) is 3.85. The van der Waals surface area contributed by atoms with Crippen molar-refractivity contribution in [3.05, 3.63) is 65.6 Å². The molecule has 2 unspecified atom stereocenters. The molecule has 2 atom stereocenters. The van der Waals surface area contributed by atoms with E-state index in [1.54, 1.807) is 31.3 Å². The highest BCUT2D eigenvalue weighted by Gasteiger charge is 2.23. The van der Waals surface area contributed by atoms with E-state index in [-0.39, 0.29) is 24.2 Å². The van der Waals surface area contributed by atoms with Crippen molar-refractivity contribution in [2.75, 3.05) is 7.11 Å². The molecule has 0 bridgehead atoms. The van der Waals surface area contributed by atoms with Gasteiger partial charge in [-0.1, -0.05) is 30.3 Å². The summed E-state index contributed by atoms with van der Waals surface area (Å²) < 4.78 is 19.4. The van der Waals surface area contributed by atoms with E-state index in [0.29, 0.717) is 5.56 Å². The Morgan fingerprint density at radius 2 is 2.12 bits per heavy atom. The van der Waals surface area contributed by atoms with Crippen molar-refractivity contribution in [3.8, 4) is 0 Å². The number of amides is 1. The van der Waals surface area contributed by atoms with Crippen LogP contribution in [0.3, 0.4) is 0 Å². The standard InChI is InChI=1S/C19H20FN3O2/c1-12(19(25-2)15-5-3-4-6-16(15)20)22-18(24)10-13-7-8-14-11-21-23-17(14)9-13/h3-9,11-12,19H,10H2,1-2H3,(H,21,23)(H,22,24). The van der Waals surface area contributed by atoms with Crippen LogP contribution in [-0.4, -0.2) is 29.3 Å². The predicted octanol–water partition coefficient (Wildman–Crippen LogP) is 3.14. The van der Waals surface area contributed by atoms with E-state index in [9.17, 15) is 9.18 Å². The molecule has 0 saturated carbocycles. The molecule has 0 radical (unpaired) electrons. The van der Waals surface area contributed by atoms with Gasteiger partial charge < -0.3 is 10.1 Å². The summed E-state index contributed by atoms with van der Waals surface area (Å²) >= 11 is 0. The number of methoxy groups -OCH3 is 1. The Balaban J connectivity index is 1.67. The van der Waals surface area contributed by atoms with Crippen molar-refractivity contribution in [3.63, 3.8) is 0 Å². The number of nitrogens with one attached hydrogen (secondary N) is 2. The molecule has 0 aliphatic carbocycles. The second-order valence-electron chi connectivity index (χ2n) is 6.00. The van der Waals surface area contributed by atoms with Crippen LogP contribution in [0.25, 0.3) is 10.9 Å². The molecule has 2 N–H and O–H groups in total. The molecule has 0 aliphatic rings. The quantitative estimate of drug-likeness (QED) is 0.724. The Hall–Kier alpha value is -2.73. The maximum absolute atomic E-state index is 14.0. The summed E-state index contributed by atoms with van der Waals surface area (Å²) in [5.74, 6) is -0.495. The molecule has 0 saturated heterocycles. The van der Waals surface area contributed by atoms with Gasteiger partial charge in [-0.15, -0.1) is 0 Å². The van der Waals surface area contributed by atoms with Gasteiger partial charge in [0.25, 0.3) is 0 Å². The third-order valence-corrected chi connectivity index (χ3v) is 4.18. The zero-order valence-electron chi connectivity index (χ0n) is 14.1. The van der Waals surface area contributed by atoms with Crippen LogP contribution in [0.15, 0.2) is 48.7 Å². The van der Waals surface area contributed by atoms with Gasteiger partial charge in [0.2, 0.25) is 5.91 Å². The predicted molar refractivity (Wildman–Crippen MR) is 93.6 cm³/mol. The number of aromatic amines is 1. The normalized spacial score (nSPS) is 13.6. The number of aromatic nitrogens is 2. The average Bonchev–Trinajstić information content (AvgIpc) is 3.04. The maximum Gasteiger partial charge on any atom is 0.224 e. The van der Waals surface area contributed by atoms with Gasteiger partial charge >= 0.3 is 0 Å². The molecule has 130 valence electrons. The summed E-state index contributed by atoms with van der Waals surface area (Å²) in [7, 11) is 1.51. The molecule has 1 aromatic heterocycles. The van der Waals surface area contributed by atoms with Crippen LogP contribution in [-0.2, 0) is 16.0 Å². The first kappa shape index (κ1) is 17.1. The molecule has 1 heterocycles. The molecule has 25 heavy (non-hydrogen) atoms. The SMILES string of the molecule is COC(c1ccccc1F)C(C)NC(=O)Cc1ccc2cn[nH]c2c1. The van der Waals surface area contributed by atoms with Crippen molar-refractivity contribution in [1.82, 2.24) is 15.5 Å². The molecular weight excluding hydrogens is 321 g/mol. The lowest BCUT2D eigenvalue weighted by atomic mass is 10.0. The summed E-state index contributed by atoms with van der Waals surface area (Å²) in [6.07, 6.45) is 1.41. The number of benzene rings is 2. The maximum atomic E-state index is 14.0. The largest absolute Gasteiger partial charge is 0.375 e. The third-order valence-electron chi connectivity index (χ3n) is 4.18. The highest BCUT2D eigenvalue weighted by molar-refractivity contribution is 5.82. The van der Waals surface area contributed by atoms with Crippen molar-refractivity contribution in [2.45, 2.75) is 25.5 Å². The molecule has 3 rings (SSSR count). The van der Waals surface area contributed by atoms with Crippen LogP contribution < -0.4 is 5.32 Å². The van der Waals surface area contributed by atoms with E-state index in [0.717, 1.165) is 16.5 Å². The first-order valence-corrected chi connectivity index (χ1v) is 8.07. The highest BCUT2D eigenvalue weighted by Crippen LogP contribution is 2.23. The highest BCUT2D eigenvalue weighted by atomic mass is 19.1. The van der Waals surface area contributed by atoms with E-state index in [2.05, 4.69) is 15.5 Å². The number of H-pyrrole nitrogens is 1. The minimum absolute atomic E-state index is 0.148. The van der Waals surface area contributed by atoms with E-state index in [1.807, 2.05) is 18.2 Å². The molecule has 6 heteroatoms. The number of ether oxygens (including phenoxy) is 1. The smallest absolute Gasteiger partial charge is 0.224 e. The molecule has 0 spiro atoms. The number of rotatable bonds is 6. The molecule has 5 nitrogen and oxygen atoms in total. The Labute approximate surface area is 145 Å². The Morgan fingerprint density at radius 1 is 1.32 bits per heavy atom. The lowest BCUT2D eigenvalue weighted by Crippen LogP contribution is -2.38. The lowest BCUT2D eigenvalue weighted by Gasteiger charge is -2.24. The second kappa shape index (κ2) is 7.44. The number of nitrogens with zero attached hydrogens (tertiary/aromatic N) is 1. The molecular formula is C19H20FN3O2. The zero-order chi connectivity index (χ0) is 17.8. The van der Waals surface area contributed by atoms with Crippen molar-refractivity contribution in [2.24, 2.45) is 0 Å². The Morgan fingerprint density at radius 3 is 2.88 bits per heavy atom. The number of carbonyl (C=O) groups excluding carboxylic acids is 1. The first-order chi connectivity index (χ1) is 12.1. The monoisotopic (exact) mass is 341 g/mol. The van der Waals surface area contributed by atoms with Gasteiger partial charge in [-0.25, -0.2) is 4.39 Å². The van der Waals surface area contributed by atoms with Gasteiger partial charge in [0.15, 0.2) is 0 Å². The van der Waals surface area contributed by atoms with Crippen LogP contribution in [0.4, 0.5) is 4.39 Å². The van der Waals surface area contributed by atoms with E-state index in [1.165, 1.54) is 13.2 Å². The summed E-state index contributed by atoms with van der Waals surface area (Å²) in [6, 6.07) is 11.8. The minimum Gasteiger partial charge on any atom is -0.375 e. The zero-order valence-corrected chi connectivity index (χ0v) is 14.1. The average molecular weight is 341 g/mol. The molecule has 0 fully saturated rings. The number of fused-ring (bicyclic) bond motifs is 1. The summed E-state index contributed by atoms with van der Waals surface area (Å²) in [5, 5.41) is 10.7. The fourth-order valence-corrected chi connectivity index (χ4v) is 2.97. The van der Waals surface area contributed by atoms with Gasteiger partial charge in [0.05, 0.1) is 24.2 Å². The lowest BCUT2D eigenvalue weighted by molar-refractivity contribution is -0.122. The van der Waals surface area contributed by atoms with E-state index >= 15 is 0 Å².